The van der Waals surface area contributed by atoms with Crippen LogP contribution >= 0.6 is 0 Å². The molecular weight excluding hydrogens is 256 g/mol. The molecular formula is C15H20N2O3. The van der Waals surface area contributed by atoms with Gasteiger partial charge >= 0.3 is 0 Å². The van der Waals surface area contributed by atoms with Crippen LogP contribution in [0.25, 0.3) is 0 Å². The number of rotatable bonds is 8. The Morgan fingerprint density at radius 1 is 1.30 bits per heavy atom. The molecule has 5 heteroatoms. The van der Waals surface area contributed by atoms with Crippen LogP contribution in [0.4, 0.5) is 0 Å². The van der Waals surface area contributed by atoms with E-state index in [2.05, 4.69) is 11.9 Å². The summed E-state index contributed by atoms with van der Waals surface area (Å²) in [5, 5.41) is 11.6. The van der Waals surface area contributed by atoms with Crippen molar-refractivity contribution in [2.45, 2.75) is 6.42 Å². The first-order valence-electron chi connectivity index (χ1n) is 6.51. The van der Waals surface area contributed by atoms with Crippen molar-refractivity contribution in [2.24, 2.45) is 0 Å². The minimum atomic E-state index is -0.198. The summed E-state index contributed by atoms with van der Waals surface area (Å²) in [5.74, 6) is -0.317. The quantitative estimate of drug-likeness (QED) is 0.690. The highest BCUT2D eigenvalue weighted by atomic mass is 16.3. The molecule has 0 radical (unpaired) electrons. The van der Waals surface area contributed by atoms with Crippen molar-refractivity contribution in [3.63, 3.8) is 0 Å². The number of aliphatic hydroxyl groups is 1. The molecule has 0 aromatic heterocycles. The SMILES string of the molecule is C=CCN(CCO)C(=O)CCNC(=O)c1ccccc1. The minimum Gasteiger partial charge on any atom is -0.395 e. The van der Waals surface area contributed by atoms with Crippen molar-refractivity contribution in [1.29, 1.82) is 0 Å². The fraction of sp³-hybridized carbons (Fsp3) is 0.333. The minimum absolute atomic E-state index is 0.0873. The van der Waals surface area contributed by atoms with Gasteiger partial charge in [0.15, 0.2) is 0 Å². The third kappa shape index (κ3) is 5.24. The number of nitrogens with one attached hydrogen (secondary N) is 1. The summed E-state index contributed by atoms with van der Waals surface area (Å²) in [6.07, 6.45) is 1.81. The van der Waals surface area contributed by atoms with Gasteiger partial charge in [0.25, 0.3) is 5.91 Å². The maximum Gasteiger partial charge on any atom is 0.251 e. The summed E-state index contributed by atoms with van der Waals surface area (Å²) in [6.45, 7) is 4.42. The predicted octanol–water partition coefficient (Wildman–Crippen LogP) is 0.813. The van der Waals surface area contributed by atoms with Gasteiger partial charge in [0.05, 0.1) is 6.61 Å². The Morgan fingerprint density at radius 3 is 2.60 bits per heavy atom. The molecule has 0 bridgehead atoms. The number of hydrogen-bond donors (Lipinski definition) is 2. The van der Waals surface area contributed by atoms with E-state index in [4.69, 9.17) is 5.11 Å². The zero-order valence-electron chi connectivity index (χ0n) is 11.4. The number of benzene rings is 1. The molecule has 0 spiro atoms. The summed E-state index contributed by atoms with van der Waals surface area (Å²) >= 11 is 0. The first-order valence-corrected chi connectivity index (χ1v) is 6.51. The second-order valence-corrected chi connectivity index (χ2v) is 4.22. The van der Waals surface area contributed by atoms with Crippen LogP contribution in [-0.4, -0.2) is 48.1 Å². The van der Waals surface area contributed by atoms with Crippen LogP contribution in [0.5, 0.6) is 0 Å². The van der Waals surface area contributed by atoms with Gasteiger partial charge in [0.1, 0.15) is 0 Å². The van der Waals surface area contributed by atoms with Gasteiger partial charge < -0.3 is 15.3 Å². The van der Waals surface area contributed by atoms with Crippen molar-refractivity contribution in [2.75, 3.05) is 26.2 Å². The van der Waals surface area contributed by atoms with Gasteiger partial charge in [-0.3, -0.25) is 9.59 Å². The van der Waals surface area contributed by atoms with E-state index in [1.807, 2.05) is 6.07 Å². The molecule has 0 heterocycles. The molecule has 0 aliphatic rings. The summed E-state index contributed by atoms with van der Waals surface area (Å²) in [7, 11) is 0. The zero-order chi connectivity index (χ0) is 14.8. The predicted molar refractivity (Wildman–Crippen MR) is 77.3 cm³/mol. The Kier molecular flexibility index (Phi) is 7.06. The maximum atomic E-state index is 11.9. The monoisotopic (exact) mass is 276 g/mol. The lowest BCUT2D eigenvalue weighted by molar-refractivity contribution is -0.131. The van der Waals surface area contributed by atoms with Crippen LogP contribution in [0.2, 0.25) is 0 Å². The largest absolute Gasteiger partial charge is 0.395 e. The summed E-state index contributed by atoms with van der Waals surface area (Å²) in [4.78, 5) is 25.1. The Bertz CT molecular complexity index is 446. The Labute approximate surface area is 118 Å². The summed E-state index contributed by atoms with van der Waals surface area (Å²) in [5.41, 5.74) is 0.568. The molecule has 0 aliphatic heterocycles. The molecule has 2 N–H and O–H groups in total. The van der Waals surface area contributed by atoms with E-state index in [1.54, 1.807) is 30.3 Å². The van der Waals surface area contributed by atoms with Crippen LogP contribution in [0, 0.1) is 0 Å². The highest BCUT2D eigenvalue weighted by molar-refractivity contribution is 5.94. The molecule has 1 aromatic carbocycles. The van der Waals surface area contributed by atoms with E-state index in [0.29, 0.717) is 12.1 Å². The highest BCUT2D eigenvalue weighted by Gasteiger charge is 2.12. The second kappa shape index (κ2) is 8.87. The number of nitrogens with zero attached hydrogens (tertiary/aromatic N) is 1. The Hall–Kier alpha value is -2.14. The fourth-order valence-electron chi connectivity index (χ4n) is 1.73. The standard InChI is InChI=1S/C15H20N2O3/c1-2-10-17(11-12-18)14(19)8-9-16-15(20)13-6-4-3-5-7-13/h2-7,18H,1,8-12H2,(H,16,20). The maximum absolute atomic E-state index is 11.9. The second-order valence-electron chi connectivity index (χ2n) is 4.22. The number of carbonyl (C=O) groups is 2. The van der Waals surface area contributed by atoms with Crippen molar-refractivity contribution in [3.05, 3.63) is 48.6 Å². The van der Waals surface area contributed by atoms with Crippen LogP contribution in [0.15, 0.2) is 43.0 Å². The molecule has 108 valence electrons. The zero-order valence-corrected chi connectivity index (χ0v) is 11.4. The molecule has 20 heavy (non-hydrogen) atoms. The molecule has 0 unspecified atom stereocenters. The van der Waals surface area contributed by atoms with Crippen molar-refractivity contribution < 1.29 is 14.7 Å². The van der Waals surface area contributed by atoms with Crippen LogP contribution in [0.1, 0.15) is 16.8 Å². The van der Waals surface area contributed by atoms with Gasteiger partial charge in [-0.05, 0) is 12.1 Å². The average molecular weight is 276 g/mol. The molecule has 1 aromatic rings. The number of hydrogen-bond acceptors (Lipinski definition) is 3. The Balaban J connectivity index is 2.37. The van der Waals surface area contributed by atoms with E-state index in [9.17, 15) is 9.59 Å². The van der Waals surface area contributed by atoms with Crippen molar-refractivity contribution in [1.82, 2.24) is 10.2 Å². The van der Waals surface area contributed by atoms with Gasteiger partial charge in [-0.1, -0.05) is 24.3 Å². The van der Waals surface area contributed by atoms with Gasteiger partial charge in [0, 0.05) is 31.6 Å². The third-order valence-corrected chi connectivity index (χ3v) is 2.73. The number of aliphatic hydroxyl groups excluding tert-OH is 1. The molecule has 0 aliphatic carbocycles. The van der Waals surface area contributed by atoms with E-state index in [-0.39, 0.29) is 37.9 Å². The lowest BCUT2D eigenvalue weighted by atomic mass is 10.2. The normalized spacial score (nSPS) is 9.85. The van der Waals surface area contributed by atoms with Gasteiger partial charge in [-0.15, -0.1) is 6.58 Å². The lowest BCUT2D eigenvalue weighted by Crippen LogP contribution is -2.36. The van der Waals surface area contributed by atoms with E-state index in [0.717, 1.165) is 0 Å². The topological polar surface area (TPSA) is 69.6 Å². The first kappa shape index (κ1) is 15.9. The molecule has 0 fully saturated rings. The molecule has 0 saturated carbocycles. The van der Waals surface area contributed by atoms with Gasteiger partial charge in [0.2, 0.25) is 5.91 Å². The smallest absolute Gasteiger partial charge is 0.251 e. The van der Waals surface area contributed by atoms with Crippen LogP contribution in [-0.2, 0) is 4.79 Å². The van der Waals surface area contributed by atoms with Crippen LogP contribution in [0.3, 0.4) is 0 Å². The number of carbonyl (C=O) groups excluding carboxylic acids is 2. The fourth-order valence-corrected chi connectivity index (χ4v) is 1.73. The number of amides is 2. The molecule has 0 saturated heterocycles. The van der Waals surface area contributed by atoms with Gasteiger partial charge in [-0.25, -0.2) is 0 Å². The van der Waals surface area contributed by atoms with Gasteiger partial charge in [-0.2, -0.15) is 0 Å². The molecule has 5 nitrogen and oxygen atoms in total. The molecule has 1 rings (SSSR count). The summed E-state index contributed by atoms with van der Waals surface area (Å²) in [6, 6.07) is 8.84. The van der Waals surface area contributed by atoms with E-state index in [1.165, 1.54) is 4.90 Å². The lowest BCUT2D eigenvalue weighted by Gasteiger charge is -2.19. The first-order chi connectivity index (χ1) is 9.69. The summed E-state index contributed by atoms with van der Waals surface area (Å²) < 4.78 is 0. The van der Waals surface area contributed by atoms with Crippen LogP contribution < -0.4 is 5.32 Å². The molecule has 2 amide bonds. The van der Waals surface area contributed by atoms with E-state index < -0.39 is 0 Å². The van der Waals surface area contributed by atoms with E-state index >= 15 is 0 Å². The average Bonchev–Trinajstić information content (AvgIpc) is 2.47. The Morgan fingerprint density at radius 2 is 2.00 bits per heavy atom. The third-order valence-electron chi connectivity index (χ3n) is 2.73. The molecule has 0 atom stereocenters. The van der Waals surface area contributed by atoms with Crippen molar-refractivity contribution >= 4 is 11.8 Å². The highest BCUT2D eigenvalue weighted by Crippen LogP contribution is 1.98. The van der Waals surface area contributed by atoms with Crippen molar-refractivity contribution in [3.8, 4) is 0 Å².